The Kier molecular flexibility index (Phi) is 3.49. The van der Waals surface area contributed by atoms with Crippen LogP contribution in [0.15, 0.2) is 47.1 Å². The van der Waals surface area contributed by atoms with Crippen LogP contribution in [0.25, 0.3) is 0 Å². The highest BCUT2D eigenvalue weighted by molar-refractivity contribution is 5.51. The summed E-state index contributed by atoms with van der Waals surface area (Å²) in [5, 5.41) is 0. The van der Waals surface area contributed by atoms with Gasteiger partial charge in [0.25, 0.3) is 0 Å². The molecule has 2 N–H and O–H groups in total. The minimum atomic E-state index is 0.648. The van der Waals surface area contributed by atoms with E-state index in [9.17, 15) is 0 Å². The zero-order valence-corrected chi connectivity index (χ0v) is 9.06. The first-order chi connectivity index (χ1) is 7.86. The van der Waals surface area contributed by atoms with Crippen LogP contribution in [0.4, 0.5) is 5.69 Å². The van der Waals surface area contributed by atoms with Crippen molar-refractivity contribution in [2.45, 2.75) is 12.8 Å². The fourth-order valence-electron chi connectivity index (χ4n) is 1.50. The summed E-state index contributed by atoms with van der Waals surface area (Å²) < 4.78 is 10.8. The SMILES string of the molecule is Nc1ccccc1OCCCc1ccco1. The molecule has 1 aromatic heterocycles. The number of nitrogen functional groups attached to an aromatic ring is 1. The molecule has 0 spiro atoms. The fraction of sp³-hybridized carbons (Fsp3) is 0.231. The molecule has 3 nitrogen and oxygen atoms in total. The van der Waals surface area contributed by atoms with Crippen molar-refractivity contribution in [1.29, 1.82) is 0 Å². The van der Waals surface area contributed by atoms with E-state index in [2.05, 4.69) is 0 Å². The van der Waals surface area contributed by atoms with Crippen LogP contribution in [0, 0.1) is 0 Å². The molecular weight excluding hydrogens is 202 g/mol. The summed E-state index contributed by atoms with van der Waals surface area (Å²) in [6, 6.07) is 11.4. The first-order valence-electron chi connectivity index (χ1n) is 5.36. The van der Waals surface area contributed by atoms with E-state index in [-0.39, 0.29) is 0 Å². The van der Waals surface area contributed by atoms with Crippen molar-refractivity contribution in [3.8, 4) is 5.75 Å². The summed E-state index contributed by atoms with van der Waals surface area (Å²) in [6.07, 6.45) is 3.49. The lowest BCUT2D eigenvalue weighted by atomic mass is 10.2. The van der Waals surface area contributed by atoms with Crippen molar-refractivity contribution < 1.29 is 9.15 Å². The second-order valence-electron chi connectivity index (χ2n) is 3.57. The summed E-state index contributed by atoms with van der Waals surface area (Å²) in [6.45, 7) is 0.648. The Morgan fingerprint density at radius 2 is 2.00 bits per heavy atom. The van der Waals surface area contributed by atoms with Gasteiger partial charge in [-0.3, -0.25) is 0 Å². The van der Waals surface area contributed by atoms with Gasteiger partial charge in [0.1, 0.15) is 11.5 Å². The molecule has 1 aromatic carbocycles. The van der Waals surface area contributed by atoms with E-state index in [1.54, 1.807) is 6.26 Å². The maximum atomic E-state index is 5.75. The fourth-order valence-corrected chi connectivity index (χ4v) is 1.50. The lowest BCUT2D eigenvalue weighted by Crippen LogP contribution is -2.01. The van der Waals surface area contributed by atoms with Gasteiger partial charge in [-0.1, -0.05) is 12.1 Å². The molecule has 84 valence electrons. The van der Waals surface area contributed by atoms with Gasteiger partial charge in [0.05, 0.1) is 18.6 Å². The number of furan rings is 1. The molecule has 0 saturated heterocycles. The van der Waals surface area contributed by atoms with Crippen LogP contribution >= 0.6 is 0 Å². The lowest BCUT2D eigenvalue weighted by Gasteiger charge is -2.07. The van der Waals surface area contributed by atoms with Gasteiger partial charge in [-0.25, -0.2) is 0 Å². The van der Waals surface area contributed by atoms with E-state index in [4.69, 9.17) is 14.9 Å². The molecule has 0 saturated carbocycles. The maximum absolute atomic E-state index is 5.75. The first kappa shape index (κ1) is 10.6. The monoisotopic (exact) mass is 217 g/mol. The zero-order chi connectivity index (χ0) is 11.2. The Morgan fingerprint density at radius 3 is 2.75 bits per heavy atom. The third-order valence-electron chi connectivity index (χ3n) is 2.32. The van der Waals surface area contributed by atoms with Crippen LogP contribution in [-0.2, 0) is 6.42 Å². The first-order valence-corrected chi connectivity index (χ1v) is 5.36. The third kappa shape index (κ3) is 2.79. The van der Waals surface area contributed by atoms with E-state index >= 15 is 0 Å². The van der Waals surface area contributed by atoms with Crippen molar-refractivity contribution >= 4 is 5.69 Å². The number of aryl methyl sites for hydroxylation is 1. The number of hydrogen-bond acceptors (Lipinski definition) is 3. The van der Waals surface area contributed by atoms with E-state index in [0.29, 0.717) is 12.3 Å². The smallest absolute Gasteiger partial charge is 0.142 e. The van der Waals surface area contributed by atoms with Gasteiger partial charge in [0, 0.05) is 6.42 Å². The highest BCUT2D eigenvalue weighted by Crippen LogP contribution is 2.19. The molecule has 2 aromatic rings. The molecule has 2 rings (SSSR count). The Bertz CT molecular complexity index is 423. The summed E-state index contributed by atoms with van der Waals surface area (Å²) in [7, 11) is 0. The van der Waals surface area contributed by atoms with Gasteiger partial charge in [0.2, 0.25) is 0 Å². The van der Waals surface area contributed by atoms with Gasteiger partial charge in [-0.15, -0.1) is 0 Å². The number of hydrogen-bond donors (Lipinski definition) is 1. The molecule has 0 aliphatic heterocycles. The Labute approximate surface area is 94.8 Å². The van der Waals surface area contributed by atoms with Crippen molar-refractivity contribution in [2.75, 3.05) is 12.3 Å². The number of benzene rings is 1. The number of rotatable bonds is 5. The minimum absolute atomic E-state index is 0.648. The summed E-state index contributed by atoms with van der Waals surface area (Å²) in [4.78, 5) is 0. The summed E-state index contributed by atoms with van der Waals surface area (Å²) in [5.41, 5.74) is 6.43. The minimum Gasteiger partial charge on any atom is -0.491 e. The Morgan fingerprint density at radius 1 is 1.12 bits per heavy atom. The zero-order valence-electron chi connectivity index (χ0n) is 9.06. The number of ether oxygens (including phenoxy) is 1. The quantitative estimate of drug-likeness (QED) is 0.618. The van der Waals surface area contributed by atoms with E-state index < -0.39 is 0 Å². The normalized spacial score (nSPS) is 10.2. The topological polar surface area (TPSA) is 48.4 Å². The van der Waals surface area contributed by atoms with Gasteiger partial charge in [-0.2, -0.15) is 0 Å². The Balaban J connectivity index is 1.74. The lowest BCUT2D eigenvalue weighted by molar-refractivity contribution is 0.307. The molecule has 0 fully saturated rings. The Hall–Kier alpha value is -1.90. The van der Waals surface area contributed by atoms with E-state index in [0.717, 1.165) is 24.4 Å². The largest absolute Gasteiger partial charge is 0.491 e. The molecule has 0 atom stereocenters. The maximum Gasteiger partial charge on any atom is 0.142 e. The summed E-state index contributed by atoms with van der Waals surface area (Å²) >= 11 is 0. The van der Waals surface area contributed by atoms with Crippen molar-refractivity contribution in [3.05, 3.63) is 48.4 Å². The molecule has 0 bridgehead atoms. The van der Waals surface area contributed by atoms with Crippen molar-refractivity contribution in [1.82, 2.24) is 0 Å². The molecule has 1 heterocycles. The van der Waals surface area contributed by atoms with E-state index in [1.165, 1.54) is 0 Å². The van der Waals surface area contributed by atoms with Crippen LogP contribution in [0.3, 0.4) is 0 Å². The molecule has 0 aliphatic rings. The average molecular weight is 217 g/mol. The van der Waals surface area contributed by atoms with E-state index in [1.807, 2.05) is 36.4 Å². The standard InChI is InChI=1S/C13H15NO2/c14-12-7-1-2-8-13(12)16-10-4-6-11-5-3-9-15-11/h1-3,5,7-9H,4,6,10,14H2. The molecule has 0 radical (unpaired) electrons. The predicted octanol–water partition coefficient (Wildman–Crippen LogP) is 2.87. The number of nitrogens with two attached hydrogens (primary N) is 1. The third-order valence-corrected chi connectivity index (χ3v) is 2.32. The highest BCUT2D eigenvalue weighted by Gasteiger charge is 1.99. The van der Waals surface area contributed by atoms with Crippen LogP contribution in [0.5, 0.6) is 5.75 Å². The second kappa shape index (κ2) is 5.26. The number of para-hydroxylation sites is 2. The van der Waals surface area contributed by atoms with Crippen LogP contribution in [-0.4, -0.2) is 6.61 Å². The van der Waals surface area contributed by atoms with Gasteiger partial charge >= 0.3 is 0 Å². The van der Waals surface area contributed by atoms with Gasteiger partial charge in [-0.05, 0) is 30.7 Å². The molecular formula is C13H15NO2. The molecule has 0 amide bonds. The molecule has 0 unspecified atom stereocenters. The van der Waals surface area contributed by atoms with Crippen molar-refractivity contribution in [2.24, 2.45) is 0 Å². The predicted molar refractivity (Wildman–Crippen MR) is 63.4 cm³/mol. The van der Waals surface area contributed by atoms with Crippen molar-refractivity contribution in [3.63, 3.8) is 0 Å². The van der Waals surface area contributed by atoms with Crippen LogP contribution < -0.4 is 10.5 Å². The van der Waals surface area contributed by atoms with Gasteiger partial charge < -0.3 is 14.9 Å². The number of anilines is 1. The summed E-state index contributed by atoms with van der Waals surface area (Å²) in [5.74, 6) is 1.74. The highest BCUT2D eigenvalue weighted by atomic mass is 16.5. The second-order valence-corrected chi connectivity index (χ2v) is 3.57. The van der Waals surface area contributed by atoms with Crippen LogP contribution in [0.1, 0.15) is 12.2 Å². The molecule has 16 heavy (non-hydrogen) atoms. The van der Waals surface area contributed by atoms with Gasteiger partial charge in [0.15, 0.2) is 0 Å². The van der Waals surface area contributed by atoms with Crippen LogP contribution in [0.2, 0.25) is 0 Å². The average Bonchev–Trinajstić information content (AvgIpc) is 2.79. The molecule has 3 heteroatoms. The molecule has 0 aliphatic carbocycles.